The lowest BCUT2D eigenvalue weighted by Crippen LogP contribution is -2.45. The average Bonchev–Trinajstić information content (AvgIpc) is 3.11. The molecule has 0 radical (unpaired) electrons. The highest BCUT2D eigenvalue weighted by Crippen LogP contribution is 2.40. The van der Waals surface area contributed by atoms with Gasteiger partial charge < -0.3 is 16.0 Å². The van der Waals surface area contributed by atoms with Crippen molar-refractivity contribution in [3.05, 3.63) is 30.1 Å². The fourth-order valence-electron chi connectivity index (χ4n) is 3.23. The largest absolute Gasteiger partial charge is 0.356 e. The fraction of sp³-hybridized carbons (Fsp3) is 0.611. The highest BCUT2D eigenvalue weighted by Gasteiger charge is 2.31. The second kappa shape index (κ2) is 9.25. The van der Waals surface area contributed by atoms with E-state index >= 15 is 0 Å². The molecule has 0 bridgehead atoms. The average molecular weight is 331 g/mol. The maximum absolute atomic E-state index is 11.9. The zero-order chi connectivity index (χ0) is 17.3. The number of guanidine groups is 1. The van der Waals surface area contributed by atoms with Crippen LogP contribution >= 0.6 is 0 Å². The van der Waals surface area contributed by atoms with E-state index in [2.05, 4.69) is 32.9 Å². The van der Waals surface area contributed by atoms with E-state index < -0.39 is 0 Å². The Morgan fingerprint density at radius 2 is 2.00 bits per heavy atom. The van der Waals surface area contributed by atoms with Crippen molar-refractivity contribution in [3.8, 4) is 0 Å². The molecular weight excluding hydrogens is 302 g/mol. The summed E-state index contributed by atoms with van der Waals surface area (Å²) >= 11 is 0. The highest BCUT2D eigenvalue weighted by molar-refractivity contribution is 5.93. The van der Waals surface area contributed by atoms with Crippen LogP contribution in [0.4, 0.5) is 0 Å². The van der Waals surface area contributed by atoms with Gasteiger partial charge in [0.1, 0.15) is 0 Å². The van der Waals surface area contributed by atoms with Gasteiger partial charge in [-0.15, -0.1) is 0 Å². The van der Waals surface area contributed by atoms with Crippen LogP contribution in [-0.2, 0) is 0 Å². The molecule has 1 aromatic heterocycles. The van der Waals surface area contributed by atoms with E-state index in [0.717, 1.165) is 12.5 Å². The van der Waals surface area contributed by atoms with Crippen molar-refractivity contribution < 1.29 is 4.79 Å². The fourth-order valence-corrected chi connectivity index (χ4v) is 3.23. The number of aliphatic imine (C=N–C) groups is 1. The number of hydrogen-bond acceptors (Lipinski definition) is 3. The van der Waals surface area contributed by atoms with Crippen molar-refractivity contribution in [2.24, 2.45) is 10.4 Å². The molecule has 0 saturated heterocycles. The van der Waals surface area contributed by atoms with Gasteiger partial charge in [0.15, 0.2) is 5.96 Å². The number of nitrogens with zero attached hydrogens (tertiary/aromatic N) is 2. The molecule has 1 amide bonds. The summed E-state index contributed by atoms with van der Waals surface area (Å²) in [6.45, 7) is 4.40. The number of aromatic nitrogens is 1. The number of nitrogens with one attached hydrogen (secondary N) is 3. The minimum Gasteiger partial charge on any atom is -0.356 e. The Kier molecular flexibility index (Phi) is 7.03. The van der Waals surface area contributed by atoms with Gasteiger partial charge in [0, 0.05) is 39.1 Å². The van der Waals surface area contributed by atoms with Crippen molar-refractivity contribution in [2.45, 2.75) is 39.0 Å². The van der Waals surface area contributed by atoms with Gasteiger partial charge in [-0.25, -0.2) is 0 Å². The van der Waals surface area contributed by atoms with Crippen LogP contribution in [-0.4, -0.2) is 43.5 Å². The van der Waals surface area contributed by atoms with Crippen molar-refractivity contribution in [2.75, 3.05) is 26.7 Å². The van der Waals surface area contributed by atoms with Crippen molar-refractivity contribution in [1.82, 2.24) is 20.9 Å². The summed E-state index contributed by atoms with van der Waals surface area (Å²) < 4.78 is 0. The summed E-state index contributed by atoms with van der Waals surface area (Å²) in [5, 5.41) is 9.56. The van der Waals surface area contributed by atoms with Crippen LogP contribution in [0.2, 0.25) is 0 Å². The first kappa shape index (κ1) is 18.2. The van der Waals surface area contributed by atoms with E-state index in [0.29, 0.717) is 24.1 Å². The van der Waals surface area contributed by atoms with Gasteiger partial charge in [0.05, 0.1) is 5.56 Å². The van der Waals surface area contributed by atoms with Gasteiger partial charge in [-0.1, -0.05) is 19.8 Å². The topological polar surface area (TPSA) is 78.4 Å². The maximum Gasteiger partial charge on any atom is 0.252 e. The second-order valence-electron chi connectivity index (χ2n) is 6.41. The minimum absolute atomic E-state index is 0.108. The monoisotopic (exact) mass is 331 g/mol. The summed E-state index contributed by atoms with van der Waals surface area (Å²) in [7, 11) is 1.77. The van der Waals surface area contributed by atoms with E-state index in [1.807, 2.05) is 0 Å². The van der Waals surface area contributed by atoms with Crippen molar-refractivity contribution in [1.29, 1.82) is 0 Å². The van der Waals surface area contributed by atoms with Crippen LogP contribution in [0.15, 0.2) is 29.5 Å². The smallest absolute Gasteiger partial charge is 0.252 e. The zero-order valence-electron chi connectivity index (χ0n) is 14.8. The summed E-state index contributed by atoms with van der Waals surface area (Å²) in [6, 6.07) is 3.51. The first-order valence-electron chi connectivity index (χ1n) is 8.82. The van der Waals surface area contributed by atoms with Gasteiger partial charge in [-0.05, 0) is 36.8 Å². The van der Waals surface area contributed by atoms with Crippen LogP contribution in [0.1, 0.15) is 49.4 Å². The summed E-state index contributed by atoms with van der Waals surface area (Å²) in [6.07, 6.45) is 9.70. The lowest BCUT2D eigenvalue weighted by atomic mass is 9.83. The van der Waals surface area contributed by atoms with E-state index in [9.17, 15) is 4.79 Å². The Bertz CT molecular complexity index is 538. The molecule has 132 valence electrons. The van der Waals surface area contributed by atoms with E-state index in [4.69, 9.17) is 0 Å². The molecule has 1 aliphatic rings. The Labute approximate surface area is 144 Å². The molecular formula is C18H29N5O. The van der Waals surface area contributed by atoms with Crippen LogP contribution < -0.4 is 16.0 Å². The van der Waals surface area contributed by atoms with Gasteiger partial charge in [0.2, 0.25) is 0 Å². The highest BCUT2D eigenvalue weighted by atomic mass is 16.1. The SMILES string of the molecule is CCC1(CNC(=NC)NCCNC(=O)c2cccnc2)CCCC1. The van der Waals surface area contributed by atoms with Gasteiger partial charge in [-0.3, -0.25) is 14.8 Å². The third-order valence-electron chi connectivity index (χ3n) is 4.90. The zero-order valence-corrected chi connectivity index (χ0v) is 14.8. The number of carbonyl (C=O) groups excluding carboxylic acids is 1. The first-order valence-corrected chi connectivity index (χ1v) is 8.82. The van der Waals surface area contributed by atoms with Crippen molar-refractivity contribution >= 4 is 11.9 Å². The predicted molar refractivity (Wildman–Crippen MR) is 97.1 cm³/mol. The lowest BCUT2D eigenvalue weighted by Gasteiger charge is -2.28. The molecule has 6 nitrogen and oxygen atoms in total. The Balaban J connectivity index is 1.67. The first-order chi connectivity index (χ1) is 11.7. The molecule has 1 aliphatic carbocycles. The number of amides is 1. The third kappa shape index (κ3) is 5.22. The van der Waals surface area contributed by atoms with Crippen LogP contribution in [0.25, 0.3) is 0 Å². The summed E-state index contributed by atoms with van der Waals surface area (Å²) in [5.41, 5.74) is 0.998. The molecule has 0 unspecified atom stereocenters. The molecule has 1 fully saturated rings. The normalized spacial score (nSPS) is 16.7. The summed E-state index contributed by atoms with van der Waals surface area (Å²) in [5.74, 6) is 0.689. The molecule has 0 aliphatic heterocycles. The van der Waals surface area contributed by atoms with Gasteiger partial charge in [-0.2, -0.15) is 0 Å². The molecule has 3 N–H and O–H groups in total. The summed E-state index contributed by atoms with van der Waals surface area (Å²) in [4.78, 5) is 20.1. The van der Waals surface area contributed by atoms with E-state index in [1.165, 1.54) is 32.1 Å². The molecule has 1 saturated carbocycles. The number of hydrogen-bond donors (Lipinski definition) is 3. The van der Waals surface area contributed by atoms with Gasteiger partial charge >= 0.3 is 0 Å². The predicted octanol–water partition coefficient (Wildman–Crippen LogP) is 1.95. The van der Waals surface area contributed by atoms with E-state index in [1.54, 1.807) is 31.6 Å². The molecule has 1 aromatic rings. The molecule has 24 heavy (non-hydrogen) atoms. The third-order valence-corrected chi connectivity index (χ3v) is 4.90. The van der Waals surface area contributed by atoms with Crippen LogP contribution in [0.5, 0.6) is 0 Å². The maximum atomic E-state index is 11.9. The molecule has 0 spiro atoms. The van der Waals surface area contributed by atoms with E-state index in [-0.39, 0.29) is 5.91 Å². The molecule has 6 heteroatoms. The molecule has 2 rings (SSSR count). The standard InChI is InChI=1S/C18H29N5O/c1-3-18(8-4-5-9-18)14-23-17(19-2)22-12-11-21-16(24)15-7-6-10-20-13-15/h6-7,10,13H,3-5,8-9,11-12,14H2,1-2H3,(H,21,24)(H2,19,22,23). The lowest BCUT2D eigenvalue weighted by molar-refractivity contribution is 0.0954. The number of rotatable bonds is 7. The Hall–Kier alpha value is -2.11. The van der Waals surface area contributed by atoms with Crippen molar-refractivity contribution in [3.63, 3.8) is 0 Å². The quantitative estimate of drug-likeness (QED) is 0.405. The Morgan fingerprint density at radius 1 is 1.25 bits per heavy atom. The molecule has 1 heterocycles. The molecule has 0 atom stereocenters. The number of carbonyl (C=O) groups is 1. The van der Waals surface area contributed by atoms with Crippen LogP contribution in [0, 0.1) is 5.41 Å². The van der Waals surface area contributed by atoms with Gasteiger partial charge in [0.25, 0.3) is 5.91 Å². The Morgan fingerprint density at radius 3 is 2.62 bits per heavy atom. The number of pyridine rings is 1. The second-order valence-corrected chi connectivity index (χ2v) is 6.41. The molecule has 0 aromatic carbocycles. The minimum atomic E-state index is -0.108. The van der Waals surface area contributed by atoms with Crippen LogP contribution in [0.3, 0.4) is 0 Å².